The van der Waals surface area contributed by atoms with E-state index in [-0.39, 0.29) is 11.8 Å². The summed E-state index contributed by atoms with van der Waals surface area (Å²) in [6.45, 7) is 6.20. The van der Waals surface area contributed by atoms with Crippen LogP contribution in [0.3, 0.4) is 0 Å². The molecule has 0 radical (unpaired) electrons. The first-order chi connectivity index (χ1) is 11.2. The minimum Gasteiger partial charge on any atom is -0.349 e. The predicted octanol–water partition coefficient (Wildman–Crippen LogP) is 4.39. The van der Waals surface area contributed by atoms with Crippen LogP contribution in [0.25, 0.3) is 11.3 Å². The molecule has 5 heteroatoms. The Morgan fingerprint density at radius 3 is 2.78 bits per heavy atom. The van der Waals surface area contributed by atoms with Crippen molar-refractivity contribution in [3.05, 3.63) is 29.6 Å². The summed E-state index contributed by atoms with van der Waals surface area (Å²) in [7, 11) is 0. The van der Waals surface area contributed by atoms with Gasteiger partial charge in [0.1, 0.15) is 0 Å². The van der Waals surface area contributed by atoms with E-state index in [4.69, 9.17) is 4.98 Å². The van der Waals surface area contributed by atoms with Crippen LogP contribution in [-0.4, -0.2) is 24.0 Å². The summed E-state index contributed by atoms with van der Waals surface area (Å²) >= 11 is 1.67. The fourth-order valence-electron chi connectivity index (χ4n) is 2.71. The van der Waals surface area contributed by atoms with Crippen LogP contribution in [0.5, 0.6) is 0 Å². The summed E-state index contributed by atoms with van der Waals surface area (Å²) in [5.41, 5.74) is 2.87. The standard InChI is InChI=1S/C18H23N3OS/c1-3-21(4-2)18-20-16(12-23-18)14-9-6-10-15(11-14)19-17(22)13-7-5-8-13/h6,9-13H,3-5,7-8H2,1-2H3,(H,19,22). The highest BCUT2D eigenvalue weighted by Crippen LogP contribution is 2.30. The molecular formula is C18H23N3OS. The zero-order valence-corrected chi connectivity index (χ0v) is 14.5. The molecule has 0 aliphatic heterocycles. The molecular weight excluding hydrogens is 306 g/mol. The van der Waals surface area contributed by atoms with Gasteiger partial charge >= 0.3 is 0 Å². The summed E-state index contributed by atoms with van der Waals surface area (Å²) in [5, 5.41) is 6.17. The van der Waals surface area contributed by atoms with E-state index in [2.05, 4.69) is 29.4 Å². The Morgan fingerprint density at radius 1 is 1.35 bits per heavy atom. The number of carbonyl (C=O) groups is 1. The fraction of sp³-hybridized carbons (Fsp3) is 0.444. The summed E-state index contributed by atoms with van der Waals surface area (Å²) < 4.78 is 0. The normalized spacial score (nSPS) is 14.3. The number of thiazole rings is 1. The van der Waals surface area contributed by atoms with Crippen LogP contribution >= 0.6 is 11.3 Å². The lowest BCUT2D eigenvalue weighted by Crippen LogP contribution is -2.27. The van der Waals surface area contributed by atoms with Crippen LogP contribution in [-0.2, 0) is 4.79 Å². The second-order valence-electron chi connectivity index (χ2n) is 5.89. The smallest absolute Gasteiger partial charge is 0.227 e. The third-order valence-corrected chi connectivity index (χ3v) is 5.33. The van der Waals surface area contributed by atoms with E-state index in [1.165, 1.54) is 6.42 Å². The van der Waals surface area contributed by atoms with Gasteiger partial charge in [0.05, 0.1) is 5.69 Å². The lowest BCUT2D eigenvalue weighted by atomic mass is 9.85. The molecule has 1 fully saturated rings. The monoisotopic (exact) mass is 329 g/mol. The maximum absolute atomic E-state index is 12.1. The van der Waals surface area contributed by atoms with Crippen molar-refractivity contribution in [1.29, 1.82) is 0 Å². The van der Waals surface area contributed by atoms with E-state index in [0.717, 1.165) is 48.0 Å². The molecule has 1 aromatic carbocycles. The number of nitrogens with zero attached hydrogens (tertiary/aromatic N) is 2. The maximum atomic E-state index is 12.1. The van der Waals surface area contributed by atoms with Crippen molar-refractivity contribution in [3.63, 3.8) is 0 Å². The van der Waals surface area contributed by atoms with Crippen LogP contribution in [0, 0.1) is 5.92 Å². The number of rotatable bonds is 6. The molecule has 0 spiro atoms. The first-order valence-corrected chi connectivity index (χ1v) is 9.21. The molecule has 23 heavy (non-hydrogen) atoms. The molecule has 1 aliphatic rings. The van der Waals surface area contributed by atoms with Gasteiger partial charge in [0, 0.05) is 35.6 Å². The molecule has 1 aliphatic carbocycles. The molecule has 3 rings (SSSR count). The first kappa shape index (κ1) is 16.0. The Bertz CT molecular complexity index is 674. The SMILES string of the molecule is CCN(CC)c1nc(-c2cccc(NC(=O)C3CCC3)c2)cs1. The van der Waals surface area contributed by atoms with Gasteiger partial charge in [-0.3, -0.25) is 4.79 Å². The largest absolute Gasteiger partial charge is 0.349 e. The third kappa shape index (κ3) is 3.55. The van der Waals surface area contributed by atoms with Gasteiger partial charge in [-0.15, -0.1) is 11.3 Å². The Kier molecular flexibility index (Phi) is 4.96. The van der Waals surface area contributed by atoms with Gasteiger partial charge in [0.2, 0.25) is 5.91 Å². The van der Waals surface area contributed by atoms with Crippen LogP contribution in [0.4, 0.5) is 10.8 Å². The molecule has 0 saturated heterocycles. The third-order valence-electron chi connectivity index (χ3n) is 4.43. The van der Waals surface area contributed by atoms with E-state index in [9.17, 15) is 4.79 Å². The molecule has 1 aromatic heterocycles. The van der Waals surface area contributed by atoms with E-state index in [1.54, 1.807) is 11.3 Å². The Morgan fingerprint density at radius 2 is 2.13 bits per heavy atom. The van der Waals surface area contributed by atoms with E-state index >= 15 is 0 Å². The van der Waals surface area contributed by atoms with Crippen molar-refractivity contribution in [1.82, 2.24) is 4.98 Å². The number of carbonyl (C=O) groups excluding carboxylic acids is 1. The van der Waals surface area contributed by atoms with Crippen LogP contribution < -0.4 is 10.2 Å². The minimum atomic E-state index is 0.149. The molecule has 1 amide bonds. The molecule has 1 saturated carbocycles. The predicted molar refractivity (Wildman–Crippen MR) is 97.1 cm³/mol. The lowest BCUT2D eigenvalue weighted by Gasteiger charge is -2.24. The van der Waals surface area contributed by atoms with E-state index in [0.29, 0.717) is 0 Å². The Hall–Kier alpha value is -1.88. The van der Waals surface area contributed by atoms with Gasteiger partial charge in [-0.25, -0.2) is 4.98 Å². The van der Waals surface area contributed by atoms with Gasteiger partial charge in [-0.05, 0) is 38.8 Å². The second-order valence-corrected chi connectivity index (χ2v) is 6.72. The summed E-state index contributed by atoms with van der Waals surface area (Å²) in [5.74, 6) is 0.350. The first-order valence-electron chi connectivity index (χ1n) is 8.33. The van der Waals surface area contributed by atoms with Crippen molar-refractivity contribution >= 4 is 28.1 Å². The molecule has 2 aromatic rings. The molecule has 0 atom stereocenters. The van der Waals surface area contributed by atoms with Gasteiger partial charge in [0.15, 0.2) is 5.13 Å². The quantitative estimate of drug-likeness (QED) is 0.854. The van der Waals surface area contributed by atoms with Crippen molar-refractivity contribution in [2.45, 2.75) is 33.1 Å². The average molecular weight is 329 g/mol. The van der Waals surface area contributed by atoms with Crippen molar-refractivity contribution < 1.29 is 4.79 Å². The molecule has 122 valence electrons. The summed E-state index contributed by atoms with van der Waals surface area (Å²) in [4.78, 5) is 19.1. The van der Waals surface area contributed by atoms with Crippen molar-refractivity contribution in [2.24, 2.45) is 5.92 Å². The number of hydrogen-bond acceptors (Lipinski definition) is 4. The molecule has 1 N–H and O–H groups in total. The number of nitrogens with one attached hydrogen (secondary N) is 1. The number of anilines is 2. The van der Waals surface area contributed by atoms with Crippen LogP contribution in [0.1, 0.15) is 33.1 Å². The summed E-state index contributed by atoms with van der Waals surface area (Å²) in [6, 6.07) is 7.97. The highest BCUT2D eigenvalue weighted by Gasteiger charge is 2.25. The van der Waals surface area contributed by atoms with Crippen molar-refractivity contribution in [3.8, 4) is 11.3 Å². The Balaban J connectivity index is 1.75. The maximum Gasteiger partial charge on any atom is 0.227 e. The second kappa shape index (κ2) is 7.13. The van der Waals surface area contributed by atoms with Gasteiger partial charge in [-0.1, -0.05) is 18.6 Å². The van der Waals surface area contributed by atoms with Crippen LogP contribution in [0.2, 0.25) is 0 Å². The van der Waals surface area contributed by atoms with Crippen molar-refractivity contribution in [2.75, 3.05) is 23.3 Å². The van der Waals surface area contributed by atoms with E-state index in [1.807, 2.05) is 24.3 Å². The number of benzene rings is 1. The molecule has 1 heterocycles. The molecule has 0 unspecified atom stereocenters. The fourth-order valence-corrected chi connectivity index (χ4v) is 3.67. The topological polar surface area (TPSA) is 45.2 Å². The number of aromatic nitrogens is 1. The Labute approximate surface area is 141 Å². The van der Waals surface area contributed by atoms with Gasteiger partial charge in [0.25, 0.3) is 0 Å². The van der Waals surface area contributed by atoms with Gasteiger partial charge < -0.3 is 10.2 Å². The van der Waals surface area contributed by atoms with E-state index < -0.39 is 0 Å². The zero-order valence-electron chi connectivity index (χ0n) is 13.7. The van der Waals surface area contributed by atoms with Crippen LogP contribution in [0.15, 0.2) is 29.6 Å². The minimum absolute atomic E-state index is 0.149. The molecule has 0 bridgehead atoms. The summed E-state index contributed by atoms with van der Waals surface area (Å²) in [6.07, 6.45) is 3.21. The zero-order chi connectivity index (χ0) is 16.2. The number of hydrogen-bond donors (Lipinski definition) is 1. The highest BCUT2D eigenvalue weighted by molar-refractivity contribution is 7.14. The average Bonchev–Trinajstić information content (AvgIpc) is 2.97. The lowest BCUT2D eigenvalue weighted by molar-refractivity contribution is -0.122. The van der Waals surface area contributed by atoms with Gasteiger partial charge in [-0.2, -0.15) is 0 Å². The highest BCUT2D eigenvalue weighted by atomic mass is 32.1. The molecule has 4 nitrogen and oxygen atoms in total. The number of amides is 1.